The van der Waals surface area contributed by atoms with E-state index in [-0.39, 0.29) is 28.8 Å². The highest BCUT2D eigenvalue weighted by atomic mass is 79.9. The van der Waals surface area contributed by atoms with Crippen molar-refractivity contribution >= 4 is 15.9 Å². The molecule has 0 aliphatic carbocycles. The van der Waals surface area contributed by atoms with Crippen LogP contribution in [0.15, 0.2) is 6.07 Å². The highest BCUT2D eigenvalue weighted by Gasteiger charge is 2.16. The lowest BCUT2D eigenvalue weighted by molar-refractivity contribution is 0.145. The molecule has 80 valence electrons. The van der Waals surface area contributed by atoms with Crippen LogP contribution in [-0.2, 0) is 11.8 Å². The third kappa shape index (κ3) is 2.63. The first-order chi connectivity index (χ1) is 7.10. The minimum atomic E-state index is -2.71. The Labute approximate surface area is 93.5 Å². The quantitative estimate of drug-likeness (QED) is 0.864. The predicted molar refractivity (Wildman–Crippen MR) is 52.8 cm³/mol. The van der Waals surface area contributed by atoms with Crippen LogP contribution in [0.2, 0.25) is 0 Å². The van der Waals surface area contributed by atoms with E-state index >= 15 is 0 Å². The minimum Gasteiger partial charge on any atom is -0.506 e. The Morgan fingerprint density at radius 1 is 1.60 bits per heavy atom. The topological polar surface area (TPSA) is 56.9 Å². The number of pyridine rings is 1. The molecule has 0 radical (unpaired) electrons. The first-order valence-electron chi connectivity index (χ1n) is 4.02. The summed E-state index contributed by atoms with van der Waals surface area (Å²) in [6.45, 7) is 0. The van der Waals surface area contributed by atoms with Crippen LogP contribution in [0.5, 0.6) is 5.75 Å². The normalized spacial score (nSPS) is 10.3. The third-order valence-corrected chi connectivity index (χ3v) is 2.31. The Hall–Kier alpha value is -1.22. The number of hydrogen-bond donors (Lipinski definition) is 1. The van der Waals surface area contributed by atoms with Gasteiger partial charge in [0.2, 0.25) is 0 Å². The van der Waals surface area contributed by atoms with Crippen LogP contribution in [0.4, 0.5) is 8.78 Å². The van der Waals surface area contributed by atoms with E-state index in [1.54, 1.807) is 6.07 Å². The van der Waals surface area contributed by atoms with Gasteiger partial charge in [0.25, 0.3) is 6.43 Å². The molecule has 1 heterocycles. The largest absolute Gasteiger partial charge is 0.506 e. The van der Waals surface area contributed by atoms with Gasteiger partial charge in [-0.1, -0.05) is 15.9 Å². The Balaban J connectivity index is 3.26. The number of nitriles is 1. The number of hydrogen-bond acceptors (Lipinski definition) is 3. The molecule has 0 saturated carbocycles. The lowest BCUT2D eigenvalue weighted by atomic mass is 10.1. The predicted octanol–water partition coefficient (Wildman–Crippen LogP) is 2.69. The first kappa shape index (κ1) is 11.9. The van der Waals surface area contributed by atoms with Crippen molar-refractivity contribution in [3.05, 3.63) is 23.0 Å². The highest BCUT2D eigenvalue weighted by Crippen LogP contribution is 2.28. The van der Waals surface area contributed by atoms with Crippen molar-refractivity contribution < 1.29 is 13.9 Å². The maximum Gasteiger partial charge on any atom is 0.280 e. The van der Waals surface area contributed by atoms with Gasteiger partial charge in [0.15, 0.2) is 0 Å². The van der Waals surface area contributed by atoms with Gasteiger partial charge in [0, 0.05) is 10.9 Å². The molecular weight excluding hydrogens is 270 g/mol. The van der Waals surface area contributed by atoms with E-state index in [0.717, 1.165) is 6.07 Å². The smallest absolute Gasteiger partial charge is 0.280 e. The average Bonchev–Trinajstić information content (AvgIpc) is 2.21. The molecule has 0 fully saturated rings. The molecule has 1 N–H and O–H groups in total. The second kappa shape index (κ2) is 5.03. The third-order valence-electron chi connectivity index (χ3n) is 1.78. The van der Waals surface area contributed by atoms with Crippen LogP contribution < -0.4 is 0 Å². The maximum atomic E-state index is 12.4. The van der Waals surface area contributed by atoms with Gasteiger partial charge < -0.3 is 5.11 Å². The highest BCUT2D eigenvalue weighted by molar-refractivity contribution is 9.08. The standard InChI is InChI=1S/C9H7BrF2N2O/c10-4-7-8(15)5(1-2-13)3-6(14-7)9(11)12/h3,9,15H,1,4H2. The Morgan fingerprint density at radius 2 is 2.27 bits per heavy atom. The number of nitrogens with zero attached hydrogens (tertiary/aromatic N) is 2. The summed E-state index contributed by atoms with van der Waals surface area (Å²) in [6, 6.07) is 2.85. The van der Waals surface area contributed by atoms with Crippen LogP contribution in [0.25, 0.3) is 0 Å². The minimum absolute atomic E-state index is 0.117. The van der Waals surface area contributed by atoms with E-state index in [9.17, 15) is 13.9 Å². The summed E-state index contributed by atoms with van der Waals surface area (Å²) in [4.78, 5) is 3.58. The van der Waals surface area contributed by atoms with E-state index in [4.69, 9.17) is 5.26 Å². The summed E-state index contributed by atoms with van der Waals surface area (Å²) in [5.74, 6) is -0.196. The fourth-order valence-corrected chi connectivity index (χ4v) is 1.49. The zero-order valence-electron chi connectivity index (χ0n) is 7.54. The second-order valence-corrected chi connectivity index (χ2v) is 3.33. The fourth-order valence-electron chi connectivity index (χ4n) is 1.10. The Bertz CT molecular complexity index is 404. The molecule has 6 heteroatoms. The monoisotopic (exact) mass is 276 g/mol. The summed E-state index contributed by atoms with van der Waals surface area (Å²) in [6.07, 6.45) is -2.82. The van der Waals surface area contributed by atoms with Gasteiger partial charge >= 0.3 is 0 Å². The molecule has 1 rings (SSSR count). The molecule has 1 aromatic heterocycles. The molecule has 0 atom stereocenters. The molecular formula is C9H7BrF2N2O. The zero-order valence-corrected chi connectivity index (χ0v) is 9.13. The van der Waals surface area contributed by atoms with Crippen LogP contribution in [-0.4, -0.2) is 10.1 Å². The summed E-state index contributed by atoms with van der Waals surface area (Å²) < 4.78 is 24.8. The number of aromatic nitrogens is 1. The molecule has 0 unspecified atom stereocenters. The fraction of sp³-hybridized carbons (Fsp3) is 0.333. The van der Waals surface area contributed by atoms with Crippen molar-refractivity contribution in [2.75, 3.05) is 0 Å². The van der Waals surface area contributed by atoms with Gasteiger partial charge in [0.05, 0.1) is 18.2 Å². The van der Waals surface area contributed by atoms with Crippen molar-refractivity contribution in [2.45, 2.75) is 18.2 Å². The molecule has 0 spiro atoms. The van der Waals surface area contributed by atoms with E-state index in [1.165, 1.54) is 0 Å². The molecule has 0 amide bonds. The van der Waals surface area contributed by atoms with Gasteiger partial charge in [-0.3, -0.25) is 0 Å². The molecule has 0 saturated heterocycles. The number of aromatic hydroxyl groups is 1. The lowest BCUT2D eigenvalue weighted by Gasteiger charge is -2.08. The van der Waals surface area contributed by atoms with Crippen molar-refractivity contribution in [1.29, 1.82) is 5.26 Å². The van der Waals surface area contributed by atoms with Crippen molar-refractivity contribution in [3.8, 4) is 11.8 Å². The van der Waals surface area contributed by atoms with E-state index in [1.807, 2.05) is 0 Å². The molecule has 15 heavy (non-hydrogen) atoms. The molecule has 0 bridgehead atoms. The van der Waals surface area contributed by atoms with Gasteiger partial charge in [-0.05, 0) is 6.07 Å². The molecule has 0 aliphatic rings. The Morgan fingerprint density at radius 3 is 2.73 bits per heavy atom. The number of alkyl halides is 3. The summed E-state index contributed by atoms with van der Waals surface area (Å²) in [5.41, 5.74) is -0.122. The van der Waals surface area contributed by atoms with Crippen LogP contribution >= 0.6 is 15.9 Å². The van der Waals surface area contributed by atoms with E-state index < -0.39 is 12.1 Å². The van der Waals surface area contributed by atoms with Crippen LogP contribution in [0.1, 0.15) is 23.4 Å². The maximum absolute atomic E-state index is 12.4. The molecule has 3 nitrogen and oxygen atoms in total. The molecule has 1 aromatic rings. The van der Waals surface area contributed by atoms with Crippen molar-refractivity contribution in [1.82, 2.24) is 4.98 Å². The van der Waals surface area contributed by atoms with Crippen molar-refractivity contribution in [2.24, 2.45) is 0 Å². The van der Waals surface area contributed by atoms with Crippen LogP contribution in [0.3, 0.4) is 0 Å². The second-order valence-electron chi connectivity index (χ2n) is 2.77. The SMILES string of the molecule is N#CCc1cc(C(F)F)nc(CBr)c1O. The molecule has 0 aromatic carbocycles. The van der Waals surface area contributed by atoms with E-state index in [2.05, 4.69) is 20.9 Å². The van der Waals surface area contributed by atoms with Gasteiger partial charge in [-0.2, -0.15) is 5.26 Å². The van der Waals surface area contributed by atoms with Crippen molar-refractivity contribution in [3.63, 3.8) is 0 Å². The van der Waals surface area contributed by atoms with E-state index in [0.29, 0.717) is 0 Å². The number of halogens is 3. The van der Waals surface area contributed by atoms with Gasteiger partial charge in [-0.25, -0.2) is 13.8 Å². The molecule has 0 aliphatic heterocycles. The van der Waals surface area contributed by atoms with Gasteiger partial charge in [-0.15, -0.1) is 0 Å². The average molecular weight is 277 g/mol. The zero-order chi connectivity index (χ0) is 11.4. The van der Waals surface area contributed by atoms with Gasteiger partial charge in [0.1, 0.15) is 11.4 Å². The lowest BCUT2D eigenvalue weighted by Crippen LogP contribution is -1.99. The summed E-state index contributed by atoms with van der Waals surface area (Å²) in [5, 5.41) is 18.2. The first-order valence-corrected chi connectivity index (χ1v) is 5.15. The van der Waals surface area contributed by atoms with Crippen LogP contribution in [0, 0.1) is 11.3 Å². The Kier molecular flexibility index (Phi) is 3.97. The number of rotatable bonds is 3. The summed E-state index contributed by atoms with van der Waals surface area (Å²) >= 11 is 3.03. The summed E-state index contributed by atoms with van der Waals surface area (Å²) in [7, 11) is 0.